The van der Waals surface area contributed by atoms with Crippen molar-refractivity contribution in [1.82, 2.24) is 0 Å². The second-order valence-electron chi connectivity index (χ2n) is 3.33. The molecule has 0 saturated heterocycles. The zero-order valence-corrected chi connectivity index (χ0v) is 9.82. The molecule has 1 N–H and O–H groups in total. The fraction of sp³-hybridized carbons (Fsp3) is 0.417. The van der Waals surface area contributed by atoms with E-state index in [2.05, 4.69) is 5.32 Å². The summed E-state index contributed by atoms with van der Waals surface area (Å²) in [5.74, 6) is -1.51. The maximum Gasteiger partial charge on any atom is 0.284 e. The molecular formula is C12H17NO3. The highest BCUT2D eigenvalue weighted by atomic mass is 16.7. The van der Waals surface area contributed by atoms with Crippen LogP contribution in [0.1, 0.15) is 13.3 Å². The number of amides is 1. The van der Waals surface area contributed by atoms with Crippen LogP contribution in [0.3, 0.4) is 0 Å². The lowest BCUT2D eigenvalue weighted by Gasteiger charge is -2.27. The van der Waals surface area contributed by atoms with E-state index >= 15 is 0 Å². The van der Waals surface area contributed by atoms with Gasteiger partial charge in [-0.15, -0.1) is 0 Å². The zero-order chi connectivity index (χ0) is 12.0. The number of carbonyl (C=O) groups excluding carboxylic acids is 1. The van der Waals surface area contributed by atoms with E-state index in [9.17, 15) is 4.79 Å². The first-order valence-corrected chi connectivity index (χ1v) is 5.15. The summed E-state index contributed by atoms with van der Waals surface area (Å²) < 4.78 is 10.3. The molecule has 88 valence electrons. The first kappa shape index (κ1) is 12.7. The van der Waals surface area contributed by atoms with E-state index in [1.165, 1.54) is 14.2 Å². The number of para-hydroxylation sites is 1. The van der Waals surface area contributed by atoms with Gasteiger partial charge in [0.25, 0.3) is 5.91 Å². The van der Waals surface area contributed by atoms with Crippen LogP contribution in [0.15, 0.2) is 30.3 Å². The predicted molar refractivity (Wildman–Crippen MR) is 62.1 cm³/mol. The zero-order valence-electron chi connectivity index (χ0n) is 9.82. The Hall–Kier alpha value is -1.39. The second-order valence-corrected chi connectivity index (χ2v) is 3.33. The van der Waals surface area contributed by atoms with E-state index in [1.807, 2.05) is 37.3 Å². The number of hydrogen-bond donors (Lipinski definition) is 1. The SMILES string of the molecule is CCC(OC)(OC)C(=O)Nc1ccccc1. The molecule has 1 aromatic carbocycles. The highest BCUT2D eigenvalue weighted by Crippen LogP contribution is 2.18. The molecule has 0 fully saturated rings. The quantitative estimate of drug-likeness (QED) is 0.777. The number of anilines is 1. The number of benzene rings is 1. The summed E-state index contributed by atoms with van der Waals surface area (Å²) in [7, 11) is 2.91. The third-order valence-electron chi connectivity index (χ3n) is 2.50. The molecule has 1 rings (SSSR count). The minimum absolute atomic E-state index is 0.300. The van der Waals surface area contributed by atoms with Crippen LogP contribution in [-0.2, 0) is 14.3 Å². The smallest absolute Gasteiger partial charge is 0.284 e. The summed E-state index contributed by atoms with van der Waals surface area (Å²) in [4.78, 5) is 12.0. The first-order valence-electron chi connectivity index (χ1n) is 5.15. The van der Waals surface area contributed by atoms with E-state index in [-0.39, 0.29) is 5.91 Å². The van der Waals surface area contributed by atoms with Crippen LogP contribution < -0.4 is 5.32 Å². The van der Waals surface area contributed by atoms with Crippen LogP contribution >= 0.6 is 0 Å². The Bertz CT molecular complexity index is 325. The average Bonchev–Trinajstić information content (AvgIpc) is 2.33. The van der Waals surface area contributed by atoms with Crippen molar-refractivity contribution in [3.05, 3.63) is 30.3 Å². The molecule has 0 saturated carbocycles. The van der Waals surface area contributed by atoms with E-state index in [4.69, 9.17) is 9.47 Å². The van der Waals surface area contributed by atoms with Gasteiger partial charge in [0.1, 0.15) is 0 Å². The van der Waals surface area contributed by atoms with Crippen molar-refractivity contribution in [2.24, 2.45) is 0 Å². The molecule has 1 amide bonds. The lowest BCUT2D eigenvalue weighted by Crippen LogP contribution is -2.45. The second kappa shape index (κ2) is 5.63. The molecule has 0 bridgehead atoms. The van der Waals surface area contributed by atoms with Crippen LogP contribution in [0.25, 0.3) is 0 Å². The molecule has 0 aliphatic rings. The Morgan fingerprint density at radius 1 is 1.25 bits per heavy atom. The maximum atomic E-state index is 12.0. The number of ether oxygens (including phenoxy) is 2. The van der Waals surface area contributed by atoms with Gasteiger partial charge < -0.3 is 14.8 Å². The largest absolute Gasteiger partial charge is 0.346 e. The molecule has 4 nitrogen and oxygen atoms in total. The molecule has 0 aliphatic carbocycles. The van der Waals surface area contributed by atoms with Crippen LogP contribution in [0.4, 0.5) is 5.69 Å². The van der Waals surface area contributed by atoms with Crippen molar-refractivity contribution in [3.63, 3.8) is 0 Å². The predicted octanol–water partition coefficient (Wildman–Crippen LogP) is 2.02. The van der Waals surface area contributed by atoms with Gasteiger partial charge in [0.2, 0.25) is 5.79 Å². The minimum Gasteiger partial charge on any atom is -0.346 e. The van der Waals surface area contributed by atoms with Gasteiger partial charge in [-0.3, -0.25) is 4.79 Å². The molecule has 0 unspecified atom stereocenters. The molecule has 0 radical (unpaired) electrons. The Morgan fingerprint density at radius 2 is 1.81 bits per heavy atom. The van der Waals surface area contributed by atoms with Crippen LogP contribution in [-0.4, -0.2) is 25.9 Å². The van der Waals surface area contributed by atoms with Crippen LogP contribution in [0.2, 0.25) is 0 Å². The van der Waals surface area contributed by atoms with E-state index in [0.29, 0.717) is 6.42 Å². The Balaban J connectivity index is 2.78. The van der Waals surface area contributed by atoms with Crippen molar-refractivity contribution < 1.29 is 14.3 Å². The molecule has 0 aromatic heterocycles. The standard InChI is InChI=1S/C12H17NO3/c1-4-12(15-2,16-3)11(14)13-10-8-6-5-7-9-10/h5-9H,4H2,1-3H3,(H,13,14). The van der Waals surface area contributed by atoms with Crippen molar-refractivity contribution in [2.45, 2.75) is 19.1 Å². The maximum absolute atomic E-state index is 12.0. The number of nitrogens with one attached hydrogen (secondary N) is 1. The molecular weight excluding hydrogens is 206 g/mol. The molecule has 4 heteroatoms. The van der Waals surface area contributed by atoms with Gasteiger partial charge in [0.05, 0.1) is 0 Å². The van der Waals surface area contributed by atoms with Crippen LogP contribution in [0.5, 0.6) is 0 Å². The number of carbonyl (C=O) groups is 1. The summed E-state index contributed by atoms with van der Waals surface area (Å²) in [5.41, 5.74) is 0.722. The normalized spacial score (nSPS) is 11.2. The fourth-order valence-corrected chi connectivity index (χ4v) is 1.47. The van der Waals surface area contributed by atoms with E-state index in [1.54, 1.807) is 0 Å². The van der Waals surface area contributed by atoms with Gasteiger partial charge in [0, 0.05) is 26.3 Å². The monoisotopic (exact) mass is 223 g/mol. The van der Waals surface area contributed by atoms with Crippen molar-refractivity contribution >= 4 is 11.6 Å². The lowest BCUT2D eigenvalue weighted by molar-refractivity contribution is -0.205. The summed E-state index contributed by atoms with van der Waals surface area (Å²) >= 11 is 0. The minimum atomic E-state index is -1.21. The summed E-state index contributed by atoms with van der Waals surface area (Å²) in [6, 6.07) is 9.20. The van der Waals surface area contributed by atoms with E-state index < -0.39 is 5.79 Å². The molecule has 0 spiro atoms. The Morgan fingerprint density at radius 3 is 2.25 bits per heavy atom. The number of rotatable bonds is 5. The lowest BCUT2D eigenvalue weighted by atomic mass is 10.2. The van der Waals surface area contributed by atoms with Gasteiger partial charge in [-0.1, -0.05) is 25.1 Å². The third kappa shape index (κ3) is 2.59. The van der Waals surface area contributed by atoms with Gasteiger partial charge in [0.15, 0.2) is 0 Å². The Kier molecular flexibility index (Phi) is 4.46. The fourth-order valence-electron chi connectivity index (χ4n) is 1.47. The molecule has 0 atom stereocenters. The number of hydrogen-bond acceptors (Lipinski definition) is 3. The molecule has 1 aromatic rings. The number of methoxy groups -OCH3 is 2. The van der Waals surface area contributed by atoms with Crippen LogP contribution in [0, 0.1) is 0 Å². The first-order chi connectivity index (χ1) is 7.68. The highest BCUT2D eigenvalue weighted by Gasteiger charge is 2.36. The highest BCUT2D eigenvalue weighted by molar-refractivity contribution is 5.96. The van der Waals surface area contributed by atoms with Gasteiger partial charge in [-0.2, -0.15) is 0 Å². The topological polar surface area (TPSA) is 47.6 Å². The average molecular weight is 223 g/mol. The van der Waals surface area contributed by atoms with Gasteiger partial charge in [-0.25, -0.2) is 0 Å². The molecule has 0 aliphatic heterocycles. The van der Waals surface area contributed by atoms with Crippen molar-refractivity contribution in [2.75, 3.05) is 19.5 Å². The van der Waals surface area contributed by atoms with Gasteiger partial charge >= 0.3 is 0 Å². The van der Waals surface area contributed by atoms with Gasteiger partial charge in [-0.05, 0) is 12.1 Å². The van der Waals surface area contributed by atoms with Crippen molar-refractivity contribution in [3.8, 4) is 0 Å². The third-order valence-corrected chi connectivity index (χ3v) is 2.50. The Labute approximate surface area is 95.6 Å². The van der Waals surface area contributed by atoms with E-state index in [0.717, 1.165) is 5.69 Å². The summed E-state index contributed by atoms with van der Waals surface area (Å²) in [5, 5.41) is 2.75. The summed E-state index contributed by atoms with van der Waals surface area (Å²) in [6.45, 7) is 1.83. The molecule has 0 heterocycles. The molecule has 16 heavy (non-hydrogen) atoms. The van der Waals surface area contributed by atoms with Crippen molar-refractivity contribution in [1.29, 1.82) is 0 Å². The summed E-state index contributed by atoms with van der Waals surface area (Å²) in [6.07, 6.45) is 0.443.